The fraction of sp³-hybridized carbons (Fsp3) is 0.308. The molecule has 1 fully saturated rings. The van der Waals surface area contributed by atoms with Crippen molar-refractivity contribution in [3.05, 3.63) is 143 Å². The first-order chi connectivity index (χ1) is 22.0. The number of piperidine rings is 1. The third-order valence-electron chi connectivity index (χ3n) is 6.43. The molecule has 242 valence electrons. The second kappa shape index (κ2) is 25.6. The Morgan fingerprint density at radius 2 is 1.53 bits per heavy atom. The normalized spacial score (nSPS) is 12.3. The monoisotopic (exact) mass is 628 g/mol. The van der Waals surface area contributed by atoms with Gasteiger partial charge in [0.15, 0.2) is 0 Å². The van der Waals surface area contributed by atoms with Crippen molar-refractivity contribution in [2.75, 3.05) is 46.8 Å². The van der Waals surface area contributed by atoms with Crippen molar-refractivity contribution in [3.63, 3.8) is 0 Å². The average Bonchev–Trinajstić information content (AvgIpc) is 3.08. The van der Waals surface area contributed by atoms with E-state index in [4.69, 9.17) is 21.7 Å². The summed E-state index contributed by atoms with van der Waals surface area (Å²) in [4.78, 5) is 2.17. The van der Waals surface area contributed by atoms with Crippen molar-refractivity contribution in [3.8, 4) is 5.75 Å². The van der Waals surface area contributed by atoms with E-state index < -0.39 is 0 Å². The van der Waals surface area contributed by atoms with E-state index in [9.17, 15) is 0 Å². The van der Waals surface area contributed by atoms with E-state index in [0.717, 1.165) is 45.6 Å². The Hall–Kier alpha value is -3.74. The lowest BCUT2D eigenvalue weighted by Crippen LogP contribution is -2.26. The van der Waals surface area contributed by atoms with Gasteiger partial charge in [0.2, 0.25) is 0 Å². The predicted molar refractivity (Wildman–Crippen MR) is 198 cm³/mol. The van der Waals surface area contributed by atoms with Crippen molar-refractivity contribution in [2.45, 2.75) is 33.6 Å². The molecular formula is C39H53ClN4O. The van der Waals surface area contributed by atoms with Gasteiger partial charge in [-0.25, -0.2) is 0 Å². The molecule has 0 aromatic heterocycles. The Morgan fingerprint density at radius 1 is 0.933 bits per heavy atom. The van der Waals surface area contributed by atoms with E-state index in [-0.39, 0.29) is 0 Å². The third-order valence-corrected chi connectivity index (χ3v) is 6.67. The molecule has 6 heteroatoms. The smallest absolute Gasteiger partial charge is 0.135 e. The quantitative estimate of drug-likeness (QED) is 0.0858. The molecule has 0 atom stereocenters. The van der Waals surface area contributed by atoms with E-state index in [1.807, 2.05) is 13.8 Å². The van der Waals surface area contributed by atoms with Gasteiger partial charge in [-0.2, -0.15) is 0 Å². The van der Waals surface area contributed by atoms with Crippen molar-refractivity contribution >= 4 is 23.4 Å². The van der Waals surface area contributed by atoms with Crippen LogP contribution in [-0.4, -0.2) is 57.9 Å². The van der Waals surface area contributed by atoms with Gasteiger partial charge in [-0.05, 0) is 87.5 Å². The van der Waals surface area contributed by atoms with Crippen LogP contribution >= 0.6 is 11.6 Å². The van der Waals surface area contributed by atoms with Crippen LogP contribution in [0.3, 0.4) is 0 Å². The zero-order chi connectivity index (χ0) is 33.1. The first-order valence-electron chi connectivity index (χ1n) is 15.8. The zero-order valence-corrected chi connectivity index (χ0v) is 28.6. The molecule has 5 nitrogen and oxygen atoms in total. The number of allylic oxidation sites excluding steroid dienone is 4. The SMILES string of the molecule is C=C/C=C\C=C\Oc1ccc(Cl)cc1C=N.CC.CCNCCN(C)C.c1ccc(C(=C2CCNCC2)c2ccccc2)cc1. The van der Waals surface area contributed by atoms with Gasteiger partial charge in [-0.1, -0.05) is 123 Å². The van der Waals surface area contributed by atoms with Gasteiger partial charge < -0.3 is 25.7 Å². The molecule has 0 amide bonds. The fourth-order valence-corrected chi connectivity index (χ4v) is 4.46. The van der Waals surface area contributed by atoms with Gasteiger partial charge in [-0.3, -0.25) is 0 Å². The lowest BCUT2D eigenvalue weighted by Gasteiger charge is -2.21. The standard InChI is InChI=1S/C18H19N.C13H12ClNO.C6H16N2.C2H6/c1-3-7-15(8-4-1)18(16-9-5-2-6-10-16)17-11-13-19-14-12-17;1-2-3-4-5-8-16-13-7-6-12(14)9-11(13)10-15;1-4-7-5-6-8(2)3;1-2/h1-10,19H,11-14H2;2-10,15H,1H2;7H,4-6H2,1-3H3;1-2H3/b;4-3-,8-5+,15-10?;;. The summed E-state index contributed by atoms with van der Waals surface area (Å²) in [5.74, 6) is 0.600. The van der Waals surface area contributed by atoms with E-state index in [2.05, 4.69) is 104 Å². The molecule has 3 N–H and O–H groups in total. The molecule has 0 aliphatic carbocycles. The molecule has 0 radical (unpaired) electrons. The van der Waals surface area contributed by atoms with Crippen LogP contribution in [0.5, 0.6) is 5.75 Å². The zero-order valence-electron chi connectivity index (χ0n) is 27.9. The summed E-state index contributed by atoms with van der Waals surface area (Å²) in [6, 6.07) is 26.7. The Bertz CT molecular complexity index is 1250. The number of hydrogen-bond acceptors (Lipinski definition) is 5. The van der Waals surface area contributed by atoms with Crippen LogP contribution in [0.25, 0.3) is 5.57 Å². The number of hydrogen-bond donors (Lipinski definition) is 3. The summed E-state index contributed by atoms with van der Waals surface area (Å²) >= 11 is 5.80. The maximum Gasteiger partial charge on any atom is 0.135 e. The van der Waals surface area contributed by atoms with Gasteiger partial charge in [0, 0.05) is 29.9 Å². The minimum absolute atomic E-state index is 0.585. The lowest BCUT2D eigenvalue weighted by atomic mass is 9.89. The topological polar surface area (TPSA) is 60.4 Å². The summed E-state index contributed by atoms with van der Waals surface area (Å²) in [6.45, 7) is 15.2. The van der Waals surface area contributed by atoms with Crippen molar-refractivity contribution < 1.29 is 4.74 Å². The molecule has 4 rings (SSSR count). The maximum absolute atomic E-state index is 7.21. The second-order valence-corrected chi connectivity index (χ2v) is 10.4. The van der Waals surface area contributed by atoms with Crippen molar-refractivity contribution in [2.24, 2.45) is 0 Å². The minimum Gasteiger partial charge on any atom is -0.464 e. The maximum atomic E-state index is 7.21. The molecule has 3 aromatic rings. The Balaban J connectivity index is 0.000000354. The molecular weight excluding hydrogens is 576 g/mol. The molecule has 1 aliphatic heterocycles. The number of benzene rings is 3. The van der Waals surface area contributed by atoms with Crippen LogP contribution in [0.2, 0.25) is 5.02 Å². The first-order valence-corrected chi connectivity index (χ1v) is 16.2. The number of halogens is 1. The minimum atomic E-state index is 0.585. The largest absolute Gasteiger partial charge is 0.464 e. The molecule has 0 unspecified atom stereocenters. The van der Waals surface area contributed by atoms with E-state index in [0.29, 0.717) is 16.3 Å². The molecule has 3 aromatic carbocycles. The van der Waals surface area contributed by atoms with E-state index >= 15 is 0 Å². The van der Waals surface area contributed by atoms with Crippen molar-refractivity contribution in [1.29, 1.82) is 5.41 Å². The average molecular weight is 629 g/mol. The molecule has 1 aliphatic rings. The summed E-state index contributed by atoms with van der Waals surface area (Å²) in [6.07, 6.45) is 12.1. The van der Waals surface area contributed by atoms with Gasteiger partial charge >= 0.3 is 0 Å². The Kier molecular flexibility index (Phi) is 22.3. The van der Waals surface area contributed by atoms with Crippen LogP contribution < -0.4 is 15.4 Å². The molecule has 0 saturated carbocycles. The highest BCUT2D eigenvalue weighted by atomic mass is 35.5. The summed E-state index contributed by atoms with van der Waals surface area (Å²) in [7, 11) is 4.16. The molecule has 1 heterocycles. The van der Waals surface area contributed by atoms with Crippen LogP contribution in [0.4, 0.5) is 0 Å². The van der Waals surface area contributed by atoms with Gasteiger partial charge in [-0.15, -0.1) is 0 Å². The van der Waals surface area contributed by atoms with Crippen molar-refractivity contribution in [1.82, 2.24) is 15.5 Å². The summed E-state index contributed by atoms with van der Waals surface area (Å²) in [5, 5.41) is 14.5. The molecule has 45 heavy (non-hydrogen) atoms. The molecule has 0 spiro atoms. The van der Waals surface area contributed by atoms with Crippen LogP contribution in [0.1, 0.15) is 50.3 Å². The number of nitrogens with one attached hydrogen (secondary N) is 3. The van der Waals surface area contributed by atoms with Crippen LogP contribution in [0, 0.1) is 5.41 Å². The number of nitrogens with zero attached hydrogens (tertiary/aromatic N) is 1. The lowest BCUT2D eigenvalue weighted by molar-refractivity contribution is 0.402. The fourth-order valence-electron chi connectivity index (χ4n) is 4.28. The predicted octanol–water partition coefficient (Wildman–Crippen LogP) is 9.03. The molecule has 1 saturated heterocycles. The van der Waals surface area contributed by atoms with Crippen LogP contribution in [-0.2, 0) is 0 Å². The number of rotatable bonds is 11. The van der Waals surface area contributed by atoms with Crippen LogP contribution in [0.15, 0.2) is 122 Å². The molecule has 0 bridgehead atoms. The summed E-state index contributed by atoms with van der Waals surface area (Å²) < 4.78 is 5.35. The number of ether oxygens (including phenoxy) is 1. The highest BCUT2D eigenvalue weighted by molar-refractivity contribution is 6.30. The Morgan fingerprint density at radius 3 is 2.04 bits per heavy atom. The summed E-state index contributed by atoms with van der Waals surface area (Å²) in [5.41, 5.74) is 6.33. The first kappa shape index (κ1) is 39.3. The third kappa shape index (κ3) is 16.8. The second-order valence-electron chi connectivity index (χ2n) is 10.0. The highest BCUT2D eigenvalue weighted by Crippen LogP contribution is 2.30. The Labute approximate surface area is 277 Å². The highest BCUT2D eigenvalue weighted by Gasteiger charge is 2.14. The van der Waals surface area contributed by atoms with E-state index in [1.54, 1.807) is 48.1 Å². The van der Waals surface area contributed by atoms with Gasteiger partial charge in [0.25, 0.3) is 0 Å². The van der Waals surface area contributed by atoms with E-state index in [1.165, 1.54) is 29.2 Å². The number of likely N-dealkylation sites (N-methyl/N-ethyl adjacent to an activating group) is 2. The van der Waals surface area contributed by atoms with Gasteiger partial charge in [0.1, 0.15) is 5.75 Å². The van der Waals surface area contributed by atoms with Gasteiger partial charge in [0.05, 0.1) is 6.26 Å².